The van der Waals surface area contributed by atoms with E-state index in [1.165, 1.54) is 15.6 Å². The first-order valence-corrected chi connectivity index (χ1v) is 12.7. The van der Waals surface area contributed by atoms with Crippen LogP contribution >= 0.6 is 34.7 Å². The van der Waals surface area contributed by atoms with E-state index in [1.807, 2.05) is 6.92 Å². The van der Waals surface area contributed by atoms with Crippen molar-refractivity contribution in [2.45, 2.75) is 29.9 Å². The lowest BCUT2D eigenvalue weighted by atomic mass is 9.97. The zero-order valence-corrected chi connectivity index (χ0v) is 18.5. The summed E-state index contributed by atoms with van der Waals surface area (Å²) in [6.07, 6.45) is 0.964. The fourth-order valence-electron chi connectivity index (χ4n) is 2.97. The Hall–Kier alpha value is -1.20. The van der Waals surface area contributed by atoms with Gasteiger partial charge in [-0.15, -0.1) is 10.2 Å². The number of carbonyl (C=O) groups excluding carboxylic acids is 1. The first-order valence-electron chi connectivity index (χ1n) is 8.87. The third-order valence-electron chi connectivity index (χ3n) is 4.36. The Balaban J connectivity index is 1.53. The van der Waals surface area contributed by atoms with Crippen LogP contribution in [-0.2, 0) is 20.6 Å². The summed E-state index contributed by atoms with van der Waals surface area (Å²) < 4.78 is 27.6. The number of carbonyl (C=O) groups is 1. The lowest BCUT2D eigenvalue weighted by Gasteiger charge is -2.30. The molecule has 1 saturated heterocycles. The maximum absolute atomic E-state index is 12.7. The van der Waals surface area contributed by atoms with Gasteiger partial charge in [0.15, 0.2) is 4.34 Å². The molecule has 0 unspecified atom stereocenters. The fraction of sp³-hybridized carbons (Fsp3) is 0.471. The number of piperidine rings is 1. The average molecular weight is 461 g/mol. The summed E-state index contributed by atoms with van der Waals surface area (Å²) >= 11 is 8.86. The molecule has 1 aromatic carbocycles. The van der Waals surface area contributed by atoms with E-state index in [9.17, 15) is 13.2 Å². The van der Waals surface area contributed by atoms with Gasteiger partial charge in [0.2, 0.25) is 21.1 Å². The molecule has 7 nitrogen and oxygen atoms in total. The summed E-state index contributed by atoms with van der Waals surface area (Å²) in [5, 5.41) is 11.8. The van der Waals surface area contributed by atoms with Gasteiger partial charge in [-0.1, -0.05) is 53.8 Å². The standard InChI is InChI=1S/C17H21ClN4O3S3/c1-2-26-17-21-20-16(27-17)19-15(23)13-6-8-22(9-7-13)28(24,25)11-12-4-3-5-14(18)10-12/h3-5,10,13H,2,6-9,11H2,1H3,(H,19,20,23). The number of anilines is 1. The molecular formula is C17H21ClN4O3S3. The Bertz CT molecular complexity index is 927. The number of rotatable bonds is 7. The second-order valence-electron chi connectivity index (χ2n) is 6.35. The van der Waals surface area contributed by atoms with E-state index in [1.54, 1.807) is 36.0 Å². The van der Waals surface area contributed by atoms with Crippen LogP contribution in [0.4, 0.5) is 5.13 Å². The molecule has 152 valence electrons. The molecule has 0 spiro atoms. The van der Waals surface area contributed by atoms with Crippen molar-refractivity contribution in [2.24, 2.45) is 5.92 Å². The molecule has 2 heterocycles. The van der Waals surface area contributed by atoms with Gasteiger partial charge in [-0.05, 0) is 36.3 Å². The van der Waals surface area contributed by atoms with Gasteiger partial charge in [-0.25, -0.2) is 12.7 Å². The molecule has 0 bridgehead atoms. The van der Waals surface area contributed by atoms with E-state index in [0.29, 0.717) is 41.6 Å². The van der Waals surface area contributed by atoms with Crippen molar-refractivity contribution in [2.75, 3.05) is 24.2 Å². The molecule has 11 heteroatoms. The smallest absolute Gasteiger partial charge is 0.229 e. The van der Waals surface area contributed by atoms with E-state index in [4.69, 9.17) is 11.6 Å². The van der Waals surface area contributed by atoms with Crippen molar-refractivity contribution >= 4 is 55.8 Å². The molecule has 0 radical (unpaired) electrons. The molecule has 1 aromatic heterocycles. The van der Waals surface area contributed by atoms with Gasteiger partial charge in [0.25, 0.3) is 0 Å². The van der Waals surface area contributed by atoms with E-state index in [0.717, 1.165) is 10.1 Å². The van der Waals surface area contributed by atoms with Crippen LogP contribution in [0.25, 0.3) is 0 Å². The first-order chi connectivity index (χ1) is 13.4. The summed E-state index contributed by atoms with van der Waals surface area (Å²) in [4.78, 5) is 12.5. The molecule has 1 N–H and O–H groups in total. The van der Waals surface area contributed by atoms with Gasteiger partial charge in [-0.2, -0.15) is 0 Å². The average Bonchev–Trinajstić information content (AvgIpc) is 3.09. The molecule has 1 aliphatic heterocycles. The quantitative estimate of drug-likeness (QED) is 0.502. The van der Waals surface area contributed by atoms with E-state index in [-0.39, 0.29) is 17.6 Å². The van der Waals surface area contributed by atoms with Crippen molar-refractivity contribution in [1.29, 1.82) is 0 Å². The fourth-order valence-corrected chi connectivity index (χ4v) is 6.39. The number of aromatic nitrogens is 2. The van der Waals surface area contributed by atoms with Crippen LogP contribution in [0.2, 0.25) is 5.02 Å². The zero-order valence-electron chi connectivity index (χ0n) is 15.3. The molecule has 0 atom stereocenters. The predicted octanol–water partition coefficient (Wildman–Crippen LogP) is 3.48. The monoisotopic (exact) mass is 460 g/mol. The van der Waals surface area contributed by atoms with Crippen molar-refractivity contribution in [1.82, 2.24) is 14.5 Å². The van der Waals surface area contributed by atoms with Crippen LogP contribution in [0.15, 0.2) is 28.6 Å². The number of amides is 1. The number of thioether (sulfide) groups is 1. The molecule has 1 fully saturated rings. The highest BCUT2D eigenvalue weighted by atomic mass is 35.5. The van der Waals surface area contributed by atoms with Crippen molar-refractivity contribution in [3.63, 3.8) is 0 Å². The lowest BCUT2D eigenvalue weighted by Crippen LogP contribution is -2.41. The summed E-state index contributed by atoms with van der Waals surface area (Å²) in [6, 6.07) is 6.86. The highest BCUT2D eigenvalue weighted by Gasteiger charge is 2.31. The van der Waals surface area contributed by atoms with Crippen LogP contribution in [0, 0.1) is 5.92 Å². The normalized spacial score (nSPS) is 16.2. The minimum absolute atomic E-state index is 0.0902. The summed E-state index contributed by atoms with van der Waals surface area (Å²) in [5.41, 5.74) is 0.657. The van der Waals surface area contributed by atoms with E-state index in [2.05, 4.69) is 15.5 Å². The van der Waals surface area contributed by atoms with Crippen LogP contribution in [0.5, 0.6) is 0 Å². The second kappa shape index (κ2) is 9.53. The van der Waals surface area contributed by atoms with Gasteiger partial charge < -0.3 is 5.32 Å². The summed E-state index contributed by atoms with van der Waals surface area (Å²) in [6.45, 7) is 2.68. The van der Waals surface area contributed by atoms with Crippen molar-refractivity contribution in [3.05, 3.63) is 34.9 Å². The zero-order chi connectivity index (χ0) is 20.1. The third-order valence-corrected chi connectivity index (χ3v) is 8.30. The number of benzene rings is 1. The Morgan fingerprint density at radius 3 is 2.79 bits per heavy atom. The minimum atomic E-state index is -3.44. The van der Waals surface area contributed by atoms with Gasteiger partial charge >= 0.3 is 0 Å². The number of sulfonamides is 1. The SMILES string of the molecule is CCSc1nnc(NC(=O)C2CCN(S(=O)(=O)Cc3cccc(Cl)c3)CC2)s1. The topological polar surface area (TPSA) is 92.3 Å². The van der Waals surface area contributed by atoms with Crippen molar-refractivity contribution < 1.29 is 13.2 Å². The molecule has 0 aliphatic carbocycles. The molecule has 28 heavy (non-hydrogen) atoms. The number of nitrogens with one attached hydrogen (secondary N) is 1. The first kappa shape index (κ1) is 21.5. The summed E-state index contributed by atoms with van der Waals surface area (Å²) in [5.74, 6) is 0.442. The summed E-state index contributed by atoms with van der Waals surface area (Å²) in [7, 11) is -3.44. The van der Waals surface area contributed by atoms with Crippen molar-refractivity contribution in [3.8, 4) is 0 Å². The van der Waals surface area contributed by atoms with Crippen LogP contribution in [0.1, 0.15) is 25.3 Å². The van der Waals surface area contributed by atoms with E-state index < -0.39 is 10.0 Å². The van der Waals surface area contributed by atoms with Crippen LogP contribution in [-0.4, -0.2) is 47.7 Å². The number of nitrogens with zero attached hydrogens (tertiary/aromatic N) is 3. The lowest BCUT2D eigenvalue weighted by molar-refractivity contribution is -0.120. The minimum Gasteiger partial charge on any atom is -0.300 e. The van der Waals surface area contributed by atoms with Gasteiger partial charge in [0, 0.05) is 24.0 Å². The number of hydrogen-bond acceptors (Lipinski definition) is 7. The third kappa shape index (κ3) is 5.66. The number of hydrogen-bond donors (Lipinski definition) is 1. The maximum atomic E-state index is 12.7. The predicted molar refractivity (Wildman–Crippen MR) is 113 cm³/mol. The Labute approximate surface area is 177 Å². The molecule has 0 saturated carbocycles. The highest BCUT2D eigenvalue weighted by Crippen LogP contribution is 2.27. The molecule has 1 amide bonds. The highest BCUT2D eigenvalue weighted by molar-refractivity contribution is 8.01. The largest absolute Gasteiger partial charge is 0.300 e. The van der Waals surface area contributed by atoms with Crippen LogP contribution in [0.3, 0.4) is 0 Å². The molecule has 1 aliphatic rings. The molecule has 3 rings (SSSR count). The second-order valence-corrected chi connectivity index (χ2v) is 11.2. The van der Waals surface area contributed by atoms with Gasteiger partial charge in [0.05, 0.1) is 5.75 Å². The van der Waals surface area contributed by atoms with Crippen LogP contribution < -0.4 is 5.32 Å². The maximum Gasteiger partial charge on any atom is 0.229 e. The Morgan fingerprint density at radius 1 is 1.36 bits per heavy atom. The Kier molecular flexibility index (Phi) is 7.32. The van der Waals surface area contributed by atoms with Gasteiger partial charge in [0.1, 0.15) is 0 Å². The number of halogens is 1. The molecule has 2 aromatic rings. The molecular weight excluding hydrogens is 440 g/mol. The Morgan fingerprint density at radius 2 is 2.11 bits per heavy atom. The van der Waals surface area contributed by atoms with E-state index >= 15 is 0 Å². The van der Waals surface area contributed by atoms with Gasteiger partial charge in [-0.3, -0.25) is 4.79 Å².